The van der Waals surface area contributed by atoms with E-state index in [0.717, 1.165) is 19.3 Å². The van der Waals surface area contributed by atoms with Crippen LogP contribution in [0.25, 0.3) is 0 Å². The molecular formula is C14H15Cl2NO3. The van der Waals surface area contributed by atoms with Gasteiger partial charge in [-0.05, 0) is 25.0 Å². The van der Waals surface area contributed by atoms with E-state index < -0.39 is 17.4 Å². The van der Waals surface area contributed by atoms with Crippen LogP contribution in [-0.2, 0) is 4.79 Å². The fourth-order valence-electron chi connectivity index (χ4n) is 2.51. The first-order valence-corrected chi connectivity index (χ1v) is 7.22. The lowest BCUT2D eigenvalue weighted by atomic mass is 9.81. The number of rotatable bonds is 3. The zero-order valence-corrected chi connectivity index (χ0v) is 12.3. The molecule has 1 aromatic rings. The van der Waals surface area contributed by atoms with Gasteiger partial charge in [0, 0.05) is 0 Å². The summed E-state index contributed by atoms with van der Waals surface area (Å²) in [5.41, 5.74) is -0.994. The van der Waals surface area contributed by atoms with Crippen LogP contribution in [0, 0.1) is 0 Å². The van der Waals surface area contributed by atoms with E-state index in [2.05, 4.69) is 5.32 Å². The molecule has 1 aromatic carbocycles. The van der Waals surface area contributed by atoms with E-state index >= 15 is 0 Å². The zero-order valence-electron chi connectivity index (χ0n) is 10.8. The van der Waals surface area contributed by atoms with Crippen molar-refractivity contribution in [2.24, 2.45) is 0 Å². The molecule has 0 aromatic heterocycles. The van der Waals surface area contributed by atoms with Gasteiger partial charge in [-0.1, -0.05) is 48.5 Å². The number of benzene rings is 1. The molecule has 0 aliphatic heterocycles. The van der Waals surface area contributed by atoms with Gasteiger partial charge in [0.15, 0.2) is 0 Å². The fourth-order valence-corrected chi connectivity index (χ4v) is 2.90. The summed E-state index contributed by atoms with van der Waals surface area (Å²) >= 11 is 11.9. The molecule has 20 heavy (non-hydrogen) atoms. The summed E-state index contributed by atoms with van der Waals surface area (Å²) in [6, 6.07) is 4.72. The molecule has 0 radical (unpaired) electrons. The Balaban J connectivity index is 2.25. The molecule has 1 saturated carbocycles. The molecule has 1 amide bonds. The van der Waals surface area contributed by atoms with Crippen LogP contribution in [0.5, 0.6) is 0 Å². The Hall–Kier alpha value is -1.26. The third-order valence-electron chi connectivity index (χ3n) is 3.67. The predicted molar refractivity (Wildman–Crippen MR) is 77.4 cm³/mol. The van der Waals surface area contributed by atoms with E-state index in [9.17, 15) is 14.7 Å². The minimum Gasteiger partial charge on any atom is -0.480 e. The number of carbonyl (C=O) groups excluding carboxylic acids is 1. The molecule has 4 nitrogen and oxygen atoms in total. The normalized spacial score (nSPS) is 17.5. The summed E-state index contributed by atoms with van der Waals surface area (Å²) in [5.74, 6) is -1.49. The van der Waals surface area contributed by atoms with Crippen molar-refractivity contribution in [2.45, 2.75) is 37.6 Å². The maximum atomic E-state index is 12.3. The maximum absolute atomic E-state index is 12.3. The summed E-state index contributed by atoms with van der Waals surface area (Å²) < 4.78 is 0. The smallest absolute Gasteiger partial charge is 0.329 e. The van der Waals surface area contributed by atoms with Crippen LogP contribution in [-0.4, -0.2) is 22.5 Å². The predicted octanol–water partition coefficient (Wildman–Crippen LogP) is 3.51. The van der Waals surface area contributed by atoms with Crippen molar-refractivity contribution in [3.63, 3.8) is 0 Å². The van der Waals surface area contributed by atoms with Gasteiger partial charge in [-0.3, -0.25) is 4.79 Å². The third kappa shape index (κ3) is 2.91. The van der Waals surface area contributed by atoms with Gasteiger partial charge in [-0.15, -0.1) is 0 Å². The molecule has 2 rings (SSSR count). The molecule has 0 bridgehead atoms. The third-order valence-corrected chi connectivity index (χ3v) is 4.48. The average Bonchev–Trinajstić information content (AvgIpc) is 2.42. The Morgan fingerprint density at radius 2 is 1.80 bits per heavy atom. The minimum absolute atomic E-state index is 0.142. The van der Waals surface area contributed by atoms with E-state index in [1.165, 1.54) is 6.07 Å². The summed E-state index contributed by atoms with van der Waals surface area (Å²) in [6.45, 7) is 0. The minimum atomic E-state index is -1.19. The van der Waals surface area contributed by atoms with Crippen molar-refractivity contribution in [1.82, 2.24) is 5.32 Å². The Labute approximate surface area is 127 Å². The second kappa shape index (κ2) is 6.02. The van der Waals surface area contributed by atoms with Crippen molar-refractivity contribution in [1.29, 1.82) is 0 Å². The molecule has 2 N–H and O–H groups in total. The Kier molecular flexibility index (Phi) is 4.55. The molecule has 0 saturated heterocycles. The van der Waals surface area contributed by atoms with Gasteiger partial charge in [0.2, 0.25) is 0 Å². The van der Waals surface area contributed by atoms with Gasteiger partial charge in [0.1, 0.15) is 5.54 Å². The van der Waals surface area contributed by atoms with Crippen LogP contribution in [0.1, 0.15) is 42.5 Å². The number of amides is 1. The number of halogens is 2. The Morgan fingerprint density at radius 3 is 2.40 bits per heavy atom. The van der Waals surface area contributed by atoms with E-state index in [1.54, 1.807) is 12.1 Å². The number of nitrogens with one attached hydrogen (secondary N) is 1. The van der Waals surface area contributed by atoms with Gasteiger partial charge in [-0.2, -0.15) is 0 Å². The number of carbonyl (C=O) groups is 2. The highest BCUT2D eigenvalue weighted by Gasteiger charge is 2.41. The Morgan fingerprint density at radius 1 is 1.15 bits per heavy atom. The van der Waals surface area contributed by atoms with Gasteiger partial charge >= 0.3 is 5.97 Å². The highest BCUT2D eigenvalue weighted by atomic mass is 35.5. The summed E-state index contributed by atoms with van der Waals surface area (Å²) in [7, 11) is 0. The van der Waals surface area contributed by atoms with Gasteiger partial charge < -0.3 is 10.4 Å². The van der Waals surface area contributed by atoms with Crippen molar-refractivity contribution in [3.05, 3.63) is 33.8 Å². The van der Waals surface area contributed by atoms with Gasteiger partial charge in [0.25, 0.3) is 5.91 Å². The first-order chi connectivity index (χ1) is 9.46. The van der Waals surface area contributed by atoms with E-state index in [1.807, 2.05) is 0 Å². The molecule has 1 aliphatic rings. The molecule has 0 heterocycles. The lowest BCUT2D eigenvalue weighted by Crippen LogP contribution is -2.55. The summed E-state index contributed by atoms with van der Waals surface area (Å²) in [5, 5.41) is 12.5. The molecule has 108 valence electrons. The summed E-state index contributed by atoms with van der Waals surface area (Å²) in [6.07, 6.45) is 3.44. The topological polar surface area (TPSA) is 66.4 Å². The average molecular weight is 316 g/mol. The molecule has 1 aliphatic carbocycles. The molecular weight excluding hydrogens is 301 g/mol. The lowest BCUT2D eigenvalue weighted by molar-refractivity contribution is -0.145. The zero-order chi connectivity index (χ0) is 14.8. The number of carboxylic acids is 1. The standard InChI is InChI=1S/C14H15Cl2NO3/c15-10-6-4-5-9(11(10)16)12(18)17-14(13(19)20)7-2-1-3-8-14/h4-6H,1-3,7-8H2,(H,17,18)(H,19,20). The lowest BCUT2D eigenvalue weighted by Gasteiger charge is -2.34. The van der Waals surface area contributed by atoms with E-state index in [-0.39, 0.29) is 15.6 Å². The number of hydrogen-bond donors (Lipinski definition) is 2. The van der Waals surface area contributed by atoms with Crippen LogP contribution in [0.3, 0.4) is 0 Å². The number of aliphatic carboxylic acids is 1. The van der Waals surface area contributed by atoms with Crippen molar-refractivity contribution >= 4 is 35.1 Å². The fraction of sp³-hybridized carbons (Fsp3) is 0.429. The first kappa shape index (κ1) is 15.1. The van der Waals surface area contributed by atoms with Crippen molar-refractivity contribution in [2.75, 3.05) is 0 Å². The number of hydrogen-bond acceptors (Lipinski definition) is 2. The highest BCUT2D eigenvalue weighted by molar-refractivity contribution is 6.43. The molecule has 6 heteroatoms. The molecule has 0 unspecified atom stereocenters. The largest absolute Gasteiger partial charge is 0.480 e. The SMILES string of the molecule is O=C(NC1(C(=O)O)CCCCC1)c1cccc(Cl)c1Cl. The monoisotopic (exact) mass is 315 g/mol. The van der Waals surface area contributed by atoms with E-state index in [4.69, 9.17) is 23.2 Å². The van der Waals surface area contributed by atoms with Crippen molar-refractivity contribution in [3.8, 4) is 0 Å². The number of carboxylic acid groups (broad SMARTS) is 1. The second-order valence-electron chi connectivity index (χ2n) is 5.00. The van der Waals surface area contributed by atoms with Crippen LogP contribution in [0.4, 0.5) is 0 Å². The van der Waals surface area contributed by atoms with Gasteiger partial charge in [-0.25, -0.2) is 4.79 Å². The molecule has 0 spiro atoms. The van der Waals surface area contributed by atoms with E-state index in [0.29, 0.717) is 12.8 Å². The van der Waals surface area contributed by atoms with Gasteiger partial charge in [0.05, 0.1) is 15.6 Å². The second-order valence-corrected chi connectivity index (χ2v) is 5.79. The van der Waals surface area contributed by atoms with Crippen LogP contribution in [0.15, 0.2) is 18.2 Å². The molecule has 1 fully saturated rings. The van der Waals surface area contributed by atoms with Crippen LogP contribution < -0.4 is 5.32 Å². The Bertz CT molecular complexity index is 539. The first-order valence-electron chi connectivity index (χ1n) is 6.46. The van der Waals surface area contributed by atoms with Crippen LogP contribution in [0.2, 0.25) is 10.0 Å². The highest BCUT2D eigenvalue weighted by Crippen LogP contribution is 2.30. The molecule has 0 atom stereocenters. The van der Waals surface area contributed by atoms with Crippen molar-refractivity contribution < 1.29 is 14.7 Å². The summed E-state index contributed by atoms with van der Waals surface area (Å²) in [4.78, 5) is 23.8. The van der Waals surface area contributed by atoms with Crippen LogP contribution >= 0.6 is 23.2 Å². The quantitative estimate of drug-likeness (QED) is 0.897. The maximum Gasteiger partial charge on any atom is 0.329 e.